The number of hydrogen-bond donors (Lipinski definition) is 2. The third kappa shape index (κ3) is 4.72. The van der Waals surface area contributed by atoms with Crippen molar-refractivity contribution in [3.05, 3.63) is 33.8 Å². The molecule has 6 heteroatoms. The quantitative estimate of drug-likeness (QED) is 0.366. The maximum absolute atomic E-state index is 8.49. The van der Waals surface area contributed by atoms with Gasteiger partial charge in [0.25, 0.3) is 0 Å². The third-order valence-electron chi connectivity index (χ3n) is 2.67. The Hall–Kier alpha value is -0.970. The summed E-state index contributed by atoms with van der Waals surface area (Å²) in [5.41, 5.74) is 6.47. The largest absolute Gasteiger partial charge is 0.409 e. The Balaban J connectivity index is 2.62. The summed E-state index contributed by atoms with van der Waals surface area (Å²) in [6.07, 6.45) is 0.523. The minimum atomic E-state index is 0.232. The van der Waals surface area contributed by atoms with Gasteiger partial charge in [-0.05, 0) is 24.2 Å². The van der Waals surface area contributed by atoms with E-state index in [0.29, 0.717) is 29.6 Å². The van der Waals surface area contributed by atoms with E-state index >= 15 is 0 Å². The summed E-state index contributed by atoms with van der Waals surface area (Å²) < 4.78 is 0. The van der Waals surface area contributed by atoms with Crippen LogP contribution in [0.5, 0.6) is 0 Å². The van der Waals surface area contributed by atoms with Gasteiger partial charge in [0.05, 0.1) is 0 Å². The van der Waals surface area contributed by atoms with Gasteiger partial charge in [0, 0.05) is 29.6 Å². The van der Waals surface area contributed by atoms with Crippen molar-refractivity contribution in [2.75, 3.05) is 13.1 Å². The summed E-state index contributed by atoms with van der Waals surface area (Å²) in [5.74, 6) is 0.232. The Morgan fingerprint density at radius 3 is 2.72 bits per heavy atom. The van der Waals surface area contributed by atoms with Gasteiger partial charge in [-0.2, -0.15) is 0 Å². The van der Waals surface area contributed by atoms with Crippen molar-refractivity contribution in [1.82, 2.24) is 4.90 Å². The topological polar surface area (TPSA) is 61.8 Å². The number of amidine groups is 1. The zero-order valence-corrected chi connectivity index (χ0v) is 11.7. The first-order valence-corrected chi connectivity index (χ1v) is 6.45. The molecular formula is C12H17Cl2N3O. The van der Waals surface area contributed by atoms with Crippen LogP contribution in [-0.2, 0) is 6.54 Å². The fraction of sp³-hybridized carbons (Fsp3) is 0.417. The smallest absolute Gasteiger partial charge is 0.140 e. The van der Waals surface area contributed by atoms with E-state index < -0.39 is 0 Å². The molecule has 100 valence electrons. The third-order valence-corrected chi connectivity index (χ3v) is 3.26. The molecule has 4 nitrogen and oxygen atoms in total. The molecule has 0 atom stereocenters. The molecule has 1 aromatic carbocycles. The first-order chi connectivity index (χ1) is 8.56. The van der Waals surface area contributed by atoms with Gasteiger partial charge in [0.1, 0.15) is 5.84 Å². The molecule has 0 aliphatic heterocycles. The van der Waals surface area contributed by atoms with Gasteiger partial charge in [-0.15, -0.1) is 0 Å². The average molecular weight is 290 g/mol. The standard InChI is InChI=1S/C12H17Cl2N3O/c1-2-17(6-5-12(15)16-18)8-9-3-4-10(13)7-11(9)14/h3-4,7,18H,2,5-6,8H2,1H3,(H2,15,16). The number of oxime groups is 1. The highest BCUT2D eigenvalue weighted by Gasteiger charge is 2.08. The van der Waals surface area contributed by atoms with Gasteiger partial charge >= 0.3 is 0 Å². The lowest BCUT2D eigenvalue weighted by Crippen LogP contribution is -2.28. The van der Waals surface area contributed by atoms with Gasteiger partial charge < -0.3 is 10.9 Å². The molecule has 0 saturated heterocycles. The molecule has 18 heavy (non-hydrogen) atoms. The fourth-order valence-corrected chi connectivity index (χ4v) is 2.03. The van der Waals surface area contributed by atoms with Crippen LogP contribution in [0, 0.1) is 0 Å². The van der Waals surface area contributed by atoms with E-state index in [4.69, 9.17) is 34.1 Å². The molecule has 0 heterocycles. The number of benzene rings is 1. The Bertz CT molecular complexity index is 424. The van der Waals surface area contributed by atoms with Crippen LogP contribution in [0.2, 0.25) is 10.0 Å². The summed E-state index contributed by atoms with van der Waals surface area (Å²) in [5, 5.41) is 12.7. The van der Waals surface area contributed by atoms with Gasteiger partial charge in [0.2, 0.25) is 0 Å². The Kier molecular flexibility index (Phi) is 6.25. The lowest BCUT2D eigenvalue weighted by atomic mass is 10.2. The minimum absolute atomic E-state index is 0.232. The van der Waals surface area contributed by atoms with Crippen molar-refractivity contribution in [2.45, 2.75) is 19.9 Å². The van der Waals surface area contributed by atoms with Crippen LogP contribution in [0.15, 0.2) is 23.4 Å². The Morgan fingerprint density at radius 2 is 2.17 bits per heavy atom. The maximum Gasteiger partial charge on any atom is 0.140 e. The summed E-state index contributed by atoms with van der Waals surface area (Å²) >= 11 is 12.0. The van der Waals surface area contributed by atoms with Crippen LogP contribution in [0.1, 0.15) is 18.9 Å². The van der Waals surface area contributed by atoms with Gasteiger partial charge in [-0.25, -0.2) is 0 Å². The average Bonchev–Trinajstić information content (AvgIpc) is 2.36. The Morgan fingerprint density at radius 1 is 1.44 bits per heavy atom. The van der Waals surface area contributed by atoms with Crippen LogP contribution >= 0.6 is 23.2 Å². The van der Waals surface area contributed by atoms with E-state index in [2.05, 4.69) is 17.0 Å². The van der Waals surface area contributed by atoms with Gasteiger partial charge in [0.15, 0.2) is 0 Å². The van der Waals surface area contributed by atoms with Crippen molar-refractivity contribution in [3.8, 4) is 0 Å². The minimum Gasteiger partial charge on any atom is -0.409 e. The SMILES string of the molecule is CCN(CC/C(N)=N/O)Cc1ccc(Cl)cc1Cl. The number of nitrogens with zero attached hydrogens (tertiary/aromatic N) is 2. The molecule has 0 spiro atoms. The van der Waals surface area contributed by atoms with Crippen LogP contribution < -0.4 is 5.73 Å². The van der Waals surface area contributed by atoms with E-state index in [-0.39, 0.29) is 5.84 Å². The molecule has 0 bridgehead atoms. The molecule has 0 aromatic heterocycles. The molecular weight excluding hydrogens is 273 g/mol. The highest BCUT2D eigenvalue weighted by molar-refractivity contribution is 6.35. The van der Waals surface area contributed by atoms with Crippen molar-refractivity contribution in [2.24, 2.45) is 10.9 Å². The van der Waals surface area contributed by atoms with Crippen LogP contribution in [-0.4, -0.2) is 29.0 Å². The van der Waals surface area contributed by atoms with E-state index in [1.54, 1.807) is 6.07 Å². The predicted molar refractivity (Wildman–Crippen MR) is 75.4 cm³/mol. The summed E-state index contributed by atoms with van der Waals surface area (Å²) in [6, 6.07) is 5.47. The molecule has 0 amide bonds. The number of halogens is 2. The van der Waals surface area contributed by atoms with Gasteiger partial charge in [-0.1, -0.05) is 41.3 Å². The van der Waals surface area contributed by atoms with Crippen LogP contribution in [0.3, 0.4) is 0 Å². The molecule has 0 radical (unpaired) electrons. The second-order valence-electron chi connectivity index (χ2n) is 3.95. The van der Waals surface area contributed by atoms with Crippen LogP contribution in [0.4, 0.5) is 0 Å². The number of nitrogens with two attached hydrogens (primary N) is 1. The molecule has 1 aromatic rings. The first-order valence-electron chi connectivity index (χ1n) is 5.69. The van der Waals surface area contributed by atoms with Crippen molar-refractivity contribution >= 4 is 29.0 Å². The van der Waals surface area contributed by atoms with Crippen molar-refractivity contribution < 1.29 is 5.21 Å². The van der Waals surface area contributed by atoms with E-state index in [0.717, 1.165) is 12.1 Å². The monoisotopic (exact) mass is 289 g/mol. The lowest BCUT2D eigenvalue weighted by molar-refractivity contribution is 0.283. The molecule has 0 aliphatic rings. The highest BCUT2D eigenvalue weighted by atomic mass is 35.5. The Labute approximate surface area is 117 Å². The van der Waals surface area contributed by atoms with E-state index in [9.17, 15) is 0 Å². The molecule has 0 aliphatic carbocycles. The second-order valence-corrected chi connectivity index (χ2v) is 4.79. The zero-order chi connectivity index (χ0) is 13.5. The number of hydrogen-bond acceptors (Lipinski definition) is 3. The number of rotatable bonds is 6. The zero-order valence-electron chi connectivity index (χ0n) is 10.2. The normalized spacial score (nSPS) is 12.1. The van der Waals surface area contributed by atoms with Crippen molar-refractivity contribution in [1.29, 1.82) is 0 Å². The molecule has 0 saturated carbocycles. The molecule has 1 rings (SSSR count). The molecule has 0 unspecified atom stereocenters. The van der Waals surface area contributed by atoms with Crippen LogP contribution in [0.25, 0.3) is 0 Å². The fourth-order valence-electron chi connectivity index (χ4n) is 1.56. The van der Waals surface area contributed by atoms with E-state index in [1.807, 2.05) is 12.1 Å². The lowest BCUT2D eigenvalue weighted by Gasteiger charge is -2.20. The molecule has 0 fully saturated rings. The maximum atomic E-state index is 8.49. The highest BCUT2D eigenvalue weighted by Crippen LogP contribution is 2.22. The summed E-state index contributed by atoms with van der Waals surface area (Å²) in [6.45, 7) is 4.34. The van der Waals surface area contributed by atoms with E-state index in [1.165, 1.54) is 0 Å². The summed E-state index contributed by atoms with van der Waals surface area (Å²) in [7, 11) is 0. The second kappa shape index (κ2) is 7.46. The summed E-state index contributed by atoms with van der Waals surface area (Å²) in [4.78, 5) is 2.16. The first kappa shape index (κ1) is 15.1. The predicted octanol–water partition coefficient (Wildman–Crippen LogP) is 2.95. The van der Waals surface area contributed by atoms with Crippen molar-refractivity contribution in [3.63, 3.8) is 0 Å². The molecule has 3 N–H and O–H groups in total. The van der Waals surface area contributed by atoms with Gasteiger partial charge in [-0.3, -0.25) is 4.90 Å².